The average molecular weight is 298 g/mol. The van der Waals surface area contributed by atoms with Crippen LogP contribution in [0.1, 0.15) is 6.92 Å². The largest absolute Gasteiger partial charge is 0.326 e. The minimum absolute atomic E-state index is 0.0794. The Kier molecular flexibility index (Phi) is 4.26. The van der Waals surface area contributed by atoms with Crippen LogP contribution in [-0.2, 0) is 15.0 Å². The topological polar surface area (TPSA) is 113 Å². The number of carbonyl (C=O) groups is 1. The molecule has 0 aromatic heterocycles. The van der Waals surface area contributed by atoms with E-state index in [2.05, 4.69) is 15.4 Å². The van der Waals surface area contributed by atoms with Gasteiger partial charge in [0.15, 0.2) is 0 Å². The van der Waals surface area contributed by atoms with Gasteiger partial charge in [-0.15, -0.1) is 0 Å². The van der Waals surface area contributed by atoms with Gasteiger partial charge in [-0.2, -0.15) is 8.42 Å². The Morgan fingerprint density at radius 2 is 2.05 bits per heavy atom. The van der Waals surface area contributed by atoms with Crippen LogP contribution in [0.3, 0.4) is 0 Å². The van der Waals surface area contributed by atoms with Gasteiger partial charge in [0.25, 0.3) is 10.2 Å². The summed E-state index contributed by atoms with van der Waals surface area (Å²) in [6.07, 6.45) is 0. The maximum atomic E-state index is 12.0. The lowest BCUT2D eigenvalue weighted by Gasteiger charge is -2.31. The zero-order chi connectivity index (χ0) is 14.8. The van der Waals surface area contributed by atoms with Gasteiger partial charge in [0.05, 0.1) is 5.69 Å². The molecule has 1 heterocycles. The van der Waals surface area contributed by atoms with E-state index in [1.165, 1.54) is 6.07 Å². The molecule has 110 valence electrons. The second kappa shape index (κ2) is 5.78. The van der Waals surface area contributed by atoms with Gasteiger partial charge in [0, 0.05) is 11.6 Å². The van der Waals surface area contributed by atoms with Crippen LogP contribution in [0.25, 0.3) is 0 Å². The van der Waals surface area contributed by atoms with Gasteiger partial charge in [-0.25, -0.2) is 5.14 Å². The second-order valence-corrected chi connectivity index (χ2v) is 6.22. The first-order chi connectivity index (χ1) is 9.35. The molecule has 8 heteroatoms. The Morgan fingerprint density at radius 1 is 1.40 bits per heavy atom. The second-order valence-electron chi connectivity index (χ2n) is 4.92. The van der Waals surface area contributed by atoms with E-state index in [0.29, 0.717) is 17.3 Å². The first kappa shape index (κ1) is 14.8. The molecule has 1 aliphatic rings. The number of hydrogen-bond acceptors (Lipinski definition) is 4. The fourth-order valence-corrected chi connectivity index (χ4v) is 2.41. The van der Waals surface area contributed by atoms with Crippen molar-refractivity contribution in [2.24, 2.45) is 17.0 Å². The fraction of sp³-hybridized carbons (Fsp3) is 0.417. The molecule has 1 aromatic carbocycles. The minimum atomic E-state index is -3.82. The van der Waals surface area contributed by atoms with Crippen LogP contribution in [0.15, 0.2) is 24.3 Å². The van der Waals surface area contributed by atoms with Gasteiger partial charge in [-0.3, -0.25) is 9.52 Å². The molecule has 0 spiro atoms. The molecule has 1 aliphatic heterocycles. The highest BCUT2D eigenvalue weighted by molar-refractivity contribution is 7.90. The quantitative estimate of drug-likeness (QED) is 0.617. The standard InChI is InChI=1S/C12H18N4O3S/c1-8(9-6-14-7-9)12(17)15-10-3-2-4-11(5-10)16-20(13,18)19/h2-5,8-9,14,16H,6-7H2,1H3,(H,15,17)(H2,13,18,19). The van der Waals surface area contributed by atoms with Gasteiger partial charge in [-0.05, 0) is 37.2 Å². The summed E-state index contributed by atoms with van der Waals surface area (Å²) in [7, 11) is -3.82. The molecule has 1 unspecified atom stereocenters. The third-order valence-electron chi connectivity index (χ3n) is 3.32. The molecule has 7 nitrogen and oxygen atoms in total. The first-order valence-corrected chi connectivity index (χ1v) is 7.82. The lowest BCUT2D eigenvalue weighted by atomic mass is 9.88. The highest BCUT2D eigenvalue weighted by Crippen LogP contribution is 2.20. The minimum Gasteiger partial charge on any atom is -0.326 e. The molecule has 1 saturated heterocycles. The normalized spacial score (nSPS) is 17.1. The molecule has 5 N–H and O–H groups in total. The lowest BCUT2D eigenvalue weighted by molar-refractivity contribution is -0.121. The highest BCUT2D eigenvalue weighted by atomic mass is 32.2. The van der Waals surface area contributed by atoms with Crippen molar-refractivity contribution < 1.29 is 13.2 Å². The smallest absolute Gasteiger partial charge is 0.296 e. The molecular weight excluding hydrogens is 280 g/mol. The first-order valence-electron chi connectivity index (χ1n) is 6.27. The zero-order valence-corrected chi connectivity index (χ0v) is 11.9. The Hall–Kier alpha value is -1.64. The summed E-state index contributed by atoms with van der Waals surface area (Å²) in [4.78, 5) is 12.0. The number of amides is 1. The summed E-state index contributed by atoms with van der Waals surface area (Å²) in [5.74, 6) is 0.177. The summed E-state index contributed by atoms with van der Waals surface area (Å²) < 4.78 is 24.1. The van der Waals surface area contributed by atoms with Crippen molar-refractivity contribution in [3.05, 3.63) is 24.3 Å². The molecule has 0 radical (unpaired) electrons. The van der Waals surface area contributed by atoms with E-state index in [1.807, 2.05) is 6.92 Å². The summed E-state index contributed by atoms with van der Waals surface area (Å²) in [6.45, 7) is 3.58. The van der Waals surface area contributed by atoms with E-state index in [4.69, 9.17) is 5.14 Å². The zero-order valence-electron chi connectivity index (χ0n) is 11.1. The third kappa shape index (κ3) is 3.92. The van der Waals surface area contributed by atoms with Crippen LogP contribution < -0.4 is 20.5 Å². The summed E-state index contributed by atoms with van der Waals surface area (Å²) >= 11 is 0. The fourth-order valence-electron chi connectivity index (χ4n) is 1.96. The van der Waals surface area contributed by atoms with Crippen LogP contribution in [-0.4, -0.2) is 27.4 Å². The molecule has 1 aromatic rings. The highest BCUT2D eigenvalue weighted by Gasteiger charge is 2.28. The van der Waals surface area contributed by atoms with Crippen molar-refractivity contribution in [1.29, 1.82) is 0 Å². The number of nitrogens with two attached hydrogens (primary N) is 1. The monoisotopic (exact) mass is 298 g/mol. The number of hydrogen-bond donors (Lipinski definition) is 4. The molecule has 0 saturated carbocycles. The van der Waals surface area contributed by atoms with Crippen LogP contribution >= 0.6 is 0 Å². The van der Waals surface area contributed by atoms with Crippen molar-refractivity contribution in [1.82, 2.24) is 5.32 Å². The predicted molar refractivity (Wildman–Crippen MR) is 77.3 cm³/mol. The number of rotatable bonds is 5. The van der Waals surface area contributed by atoms with Crippen molar-refractivity contribution >= 4 is 27.5 Å². The van der Waals surface area contributed by atoms with E-state index in [1.54, 1.807) is 18.2 Å². The van der Waals surface area contributed by atoms with Gasteiger partial charge in [0.1, 0.15) is 0 Å². The molecule has 1 amide bonds. The van der Waals surface area contributed by atoms with E-state index < -0.39 is 10.2 Å². The molecule has 1 atom stereocenters. The van der Waals surface area contributed by atoms with E-state index in [9.17, 15) is 13.2 Å². The van der Waals surface area contributed by atoms with Crippen LogP contribution in [0.5, 0.6) is 0 Å². The van der Waals surface area contributed by atoms with Crippen LogP contribution in [0.2, 0.25) is 0 Å². The van der Waals surface area contributed by atoms with Crippen molar-refractivity contribution in [2.45, 2.75) is 6.92 Å². The van der Waals surface area contributed by atoms with Crippen LogP contribution in [0.4, 0.5) is 11.4 Å². The van der Waals surface area contributed by atoms with Crippen LogP contribution in [0, 0.1) is 11.8 Å². The number of anilines is 2. The van der Waals surface area contributed by atoms with E-state index in [0.717, 1.165) is 13.1 Å². The molecule has 0 aliphatic carbocycles. The Balaban J connectivity index is 2.02. The van der Waals surface area contributed by atoms with E-state index in [-0.39, 0.29) is 11.8 Å². The Bertz CT molecular complexity index is 598. The van der Waals surface area contributed by atoms with Gasteiger partial charge in [-0.1, -0.05) is 13.0 Å². The number of carbonyl (C=O) groups excluding carboxylic acids is 1. The molecule has 1 fully saturated rings. The van der Waals surface area contributed by atoms with E-state index >= 15 is 0 Å². The number of benzene rings is 1. The average Bonchev–Trinajstić information content (AvgIpc) is 2.24. The number of nitrogens with one attached hydrogen (secondary N) is 3. The van der Waals surface area contributed by atoms with Crippen molar-refractivity contribution in [2.75, 3.05) is 23.1 Å². The van der Waals surface area contributed by atoms with Gasteiger partial charge >= 0.3 is 0 Å². The van der Waals surface area contributed by atoms with Gasteiger partial charge in [0.2, 0.25) is 5.91 Å². The van der Waals surface area contributed by atoms with Crippen molar-refractivity contribution in [3.8, 4) is 0 Å². The van der Waals surface area contributed by atoms with Crippen molar-refractivity contribution in [3.63, 3.8) is 0 Å². The Morgan fingerprint density at radius 3 is 2.60 bits per heavy atom. The molecule has 20 heavy (non-hydrogen) atoms. The summed E-state index contributed by atoms with van der Waals surface area (Å²) in [6, 6.07) is 6.41. The molecular formula is C12H18N4O3S. The summed E-state index contributed by atoms with van der Waals surface area (Å²) in [5.41, 5.74) is 0.839. The predicted octanol–water partition coefficient (Wildman–Crippen LogP) is 0.0960. The summed E-state index contributed by atoms with van der Waals surface area (Å²) in [5, 5.41) is 10.8. The Labute approximate surface area is 118 Å². The molecule has 2 rings (SSSR count). The third-order valence-corrected chi connectivity index (χ3v) is 3.84. The molecule has 0 bridgehead atoms. The maximum absolute atomic E-state index is 12.0. The van der Waals surface area contributed by atoms with Gasteiger partial charge < -0.3 is 10.6 Å². The SMILES string of the molecule is CC(C(=O)Nc1cccc(NS(N)(=O)=O)c1)C1CNC1. The lowest BCUT2D eigenvalue weighted by Crippen LogP contribution is -2.48. The maximum Gasteiger partial charge on any atom is 0.296 e.